The zero-order valence-electron chi connectivity index (χ0n) is 15.5. The molecule has 1 aromatic heterocycles. The van der Waals surface area contributed by atoms with Crippen LogP contribution in [0.15, 0.2) is 23.7 Å². The summed E-state index contributed by atoms with van der Waals surface area (Å²) in [6.07, 6.45) is 0.0936. The van der Waals surface area contributed by atoms with Gasteiger partial charge in [-0.05, 0) is 37.5 Å². The highest BCUT2D eigenvalue weighted by Crippen LogP contribution is 2.19. The molecule has 2 aromatic rings. The van der Waals surface area contributed by atoms with E-state index in [0.717, 1.165) is 10.2 Å². The molecule has 1 aliphatic heterocycles. The Kier molecular flexibility index (Phi) is 5.86. The molecule has 0 spiro atoms. The number of carbonyl (C=O) groups excluding carboxylic acids is 3. The van der Waals surface area contributed by atoms with Crippen molar-refractivity contribution in [2.24, 2.45) is 5.92 Å². The van der Waals surface area contributed by atoms with Gasteiger partial charge in [0.05, 0.1) is 21.8 Å². The van der Waals surface area contributed by atoms with Crippen LogP contribution in [-0.4, -0.2) is 47.4 Å². The van der Waals surface area contributed by atoms with Gasteiger partial charge in [-0.3, -0.25) is 14.4 Å². The summed E-state index contributed by atoms with van der Waals surface area (Å²) in [6, 6.07) is 3.87. The fraction of sp³-hybridized carbons (Fsp3) is 0.474. The molecule has 27 heavy (non-hydrogen) atoms. The summed E-state index contributed by atoms with van der Waals surface area (Å²) in [5.74, 6) is -0.676. The summed E-state index contributed by atoms with van der Waals surface area (Å²) < 4.78 is 6.26. The molecule has 2 amide bonds. The zero-order valence-corrected chi connectivity index (χ0v) is 16.3. The number of hydrogen-bond acceptors (Lipinski definition) is 6. The Hall–Kier alpha value is -2.32. The van der Waals surface area contributed by atoms with Crippen molar-refractivity contribution < 1.29 is 19.1 Å². The van der Waals surface area contributed by atoms with Crippen LogP contribution >= 0.6 is 11.3 Å². The maximum atomic E-state index is 12.7. The van der Waals surface area contributed by atoms with Crippen LogP contribution in [0.3, 0.4) is 0 Å². The van der Waals surface area contributed by atoms with Gasteiger partial charge in [-0.1, -0.05) is 13.8 Å². The second-order valence-corrected chi connectivity index (χ2v) is 8.05. The fourth-order valence-corrected chi connectivity index (χ4v) is 3.72. The Balaban J connectivity index is 1.72. The highest BCUT2D eigenvalue weighted by Gasteiger charge is 2.35. The largest absolute Gasteiger partial charge is 0.368 e. The predicted octanol–water partition coefficient (Wildman–Crippen LogP) is 1.91. The molecule has 0 bridgehead atoms. The van der Waals surface area contributed by atoms with Crippen LogP contribution in [0, 0.1) is 5.92 Å². The number of nitrogens with one attached hydrogen (secondary N) is 2. The quantitative estimate of drug-likeness (QED) is 0.787. The Bertz CT molecular complexity index is 864. The third-order valence-electron chi connectivity index (χ3n) is 4.52. The van der Waals surface area contributed by atoms with Gasteiger partial charge < -0.3 is 15.4 Å². The Labute approximate surface area is 161 Å². The van der Waals surface area contributed by atoms with Crippen molar-refractivity contribution in [2.75, 3.05) is 6.61 Å². The topological polar surface area (TPSA) is 97.4 Å². The number of thiazole rings is 1. The van der Waals surface area contributed by atoms with E-state index in [1.807, 2.05) is 19.9 Å². The second-order valence-electron chi connectivity index (χ2n) is 7.16. The van der Waals surface area contributed by atoms with E-state index in [2.05, 4.69) is 15.6 Å². The van der Waals surface area contributed by atoms with Gasteiger partial charge in [0, 0.05) is 5.56 Å². The summed E-state index contributed by atoms with van der Waals surface area (Å²) in [4.78, 5) is 41.5. The summed E-state index contributed by atoms with van der Waals surface area (Å²) >= 11 is 1.50. The number of nitrogens with zero attached hydrogens (tertiary/aromatic N) is 1. The minimum atomic E-state index is -0.732. The predicted molar refractivity (Wildman–Crippen MR) is 103 cm³/mol. The molecule has 1 aliphatic rings. The third-order valence-corrected chi connectivity index (χ3v) is 5.33. The van der Waals surface area contributed by atoms with E-state index in [1.165, 1.54) is 11.3 Å². The molecule has 2 heterocycles. The Morgan fingerprint density at radius 1 is 1.37 bits per heavy atom. The van der Waals surface area contributed by atoms with E-state index in [0.29, 0.717) is 12.0 Å². The maximum absolute atomic E-state index is 12.7. The number of hydrogen-bond donors (Lipinski definition) is 2. The minimum Gasteiger partial charge on any atom is -0.368 e. The Morgan fingerprint density at radius 2 is 2.15 bits per heavy atom. The summed E-state index contributed by atoms with van der Waals surface area (Å²) in [6.45, 7) is 5.69. The van der Waals surface area contributed by atoms with Crippen LogP contribution < -0.4 is 10.6 Å². The van der Waals surface area contributed by atoms with Crippen LogP contribution in [0.5, 0.6) is 0 Å². The highest BCUT2D eigenvalue weighted by molar-refractivity contribution is 7.16. The number of rotatable bonds is 6. The number of amides is 2. The van der Waals surface area contributed by atoms with Gasteiger partial charge in [-0.2, -0.15) is 0 Å². The van der Waals surface area contributed by atoms with E-state index in [1.54, 1.807) is 24.6 Å². The molecule has 0 saturated carbocycles. The van der Waals surface area contributed by atoms with Gasteiger partial charge >= 0.3 is 0 Å². The first kappa shape index (κ1) is 19.4. The van der Waals surface area contributed by atoms with Crippen LogP contribution in [0.1, 0.15) is 37.6 Å². The van der Waals surface area contributed by atoms with E-state index in [-0.39, 0.29) is 36.2 Å². The monoisotopic (exact) mass is 389 g/mol. The van der Waals surface area contributed by atoms with Crippen LogP contribution in [-0.2, 0) is 14.3 Å². The molecule has 7 nitrogen and oxygen atoms in total. The lowest BCUT2D eigenvalue weighted by Gasteiger charge is -2.23. The van der Waals surface area contributed by atoms with Gasteiger partial charge in [-0.15, -0.1) is 11.3 Å². The number of aromatic nitrogens is 1. The Morgan fingerprint density at radius 3 is 2.81 bits per heavy atom. The lowest BCUT2D eigenvalue weighted by molar-refractivity contribution is -0.127. The standard InChI is InChI=1S/C19H23N3O4S/c1-10(2)6-14(19(25)22-17-11(3)26-8-15(17)23)21-18(24)12-4-5-16-13(7-12)20-9-27-16/h4-5,7,9-11,14,17H,6,8H2,1-3H3,(H,21,24)(H,22,25)/t11-,14+,17+/m1/s1. The number of carbonyl (C=O) groups is 3. The first-order valence-electron chi connectivity index (χ1n) is 8.94. The normalized spacial score (nSPS) is 20.8. The first-order valence-corrected chi connectivity index (χ1v) is 9.82. The first-order chi connectivity index (χ1) is 12.8. The molecule has 3 atom stereocenters. The average molecular weight is 389 g/mol. The van der Waals surface area contributed by atoms with Gasteiger partial charge in [-0.25, -0.2) is 4.98 Å². The van der Waals surface area contributed by atoms with Crippen LogP contribution in [0.2, 0.25) is 0 Å². The molecule has 0 radical (unpaired) electrons. The molecular formula is C19H23N3O4S. The number of ketones is 1. The molecule has 1 fully saturated rings. The van der Waals surface area contributed by atoms with E-state index < -0.39 is 12.1 Å². The third kappa shape index (κ3) is 4.51. The lowest BCUT2D eigenvalue weighted by Crippen LogP contribution is -2.53. The summed E-state index contributed by atoms with van der Waals surface area (Å²) in [7, 11) is 0. The maximum Gasteiger partial charge on any atom is 0.252 e. The smallest absolute Gasteiger partial charge is 0.252 e. The molecule has 8 heteroatoms. The van der Waals surface area contributed by atoms with Crippen LogP contribution in [0.4, 0.5) is 0 Å². The molecule has 1 aromatic carbocycles. The molecule has 0 aliphatic carbocycles. The van der Waals surface area contributed by atoms with Crippen molar-refractivity contribution in [1.82, 2.24) is 15.6 Å². The highest BCUT2D eigenvalue weighted by atomic mass is 32.1. The van der Waals surface area contributed by atoms with Gasteiger partial charge in [0.1, 0.15) is 18.7 Å². The SMILES string of the molecule is CC(C)C[C@H](NC(=O)c1ccc2scnc2c1)C(=O)N[C@@H]1C(=O)CO[C@@H]1C. The molecule has 3 rings (SSSR count). The number of ether oxygens (including phenoxy) is 1. The van der Waals surface area contributed by atoms with Crippen LogP contribution in [0.25, 0.3) is 10.2 Å². The number of fused-ring (bicyclic) bond motifs is 1. The lowest BCUT2D eigenvalue weighted by atomic mass is 10.0. The van der Waals surface area contributed by atoms with Crippen molar-refractivity contribution in [2.45, 2.75) is 45.4 Å². The van der Waals surface area contributed by atoms with Crippen molar-refractivity contribution >= 4 is 39.2 Å². The molecule has 0 unspecified atom stereocenters. The average Bonchev–Trinajstić information content (AvgIpc) is 3.21. The van der Waals surface area contributed by atoms with Gasteiger partial charge in [0.2, 0.25) is 5.91 Å². The van der Waals surface area contributed by atoms with Crippen molar-refractivity contribution in [3.05, 3.63) is 29.3 Å². The van der Waals surface area contributed by atoms with Crippen molar-refractivity contribution in [3.63, 3.8) is 0 Å². The van der Waals surface area contributed by atoms with E-state index in [4.69, 9.17) is 4.74 Å². The van der Waals surface area contributed by atoms with Crippen molar-refractivity contribution in [3.8, 4) is 0 Å². The molecular weight excluding hydrogens is 366 g/mol. The molecule has 1 saturated heterocycles. The minimum absolute atomic E-state index is 0.000967. The summed E-state index contributed by atoms with van der Waals surface area (Å²) in [5, 5.41) is 5.52. The molecule has 144 valence electrons. The zero-order chi connectivity index (χ0) is 19.6. The second kappa shape index (κ2) is 8.14. The van der Waals surface area contributed by atoms with Gasteiger partial charge in [0.15, 0.2) is 5.78 Å². The number of Topliss-reactive ketones (excluding diaryl/α,β-unsaturated/α-hetero) is 1. The van der Waals surface area contributed by atoms with Crippen molar-refractivity contribution in [1.29, 1.82) is 0 Å². The molecule has 2 N–H and O–H groups in total. The van der Waals surface area contributed by atoms with E-state index >= 15 is 0 Å². The number of benzene rings is 1. The fourth-order valence-electron chi connectivity index (χ4n) is 3.06. The van der Waals surface area contributed by atoms with E-state index in [9.17, 15) is 14.4 Å². The summed E-state index contributed by atoms with van der Waals surface area (Å²) in [5.41, 5.74) is 2.92. The van der Waals surface area contributed by atoms with Gasteiger partial charge in [0.25, 0.3) is 5.91 Å².